The molecule has 1 fully saturated rings. The van der Waals surface area contributed by atoms with Gasteiger partial charge in [0, 0.05) is 17.0 Å². The molecule has 0 saturated heterocycles. The molecule has 1 aliphatic rings. The van der Waals surface area contributed by atoms with Crippen LogP contribution >= 0.6 is 0 Å². The van der Waals surface area contributed by atoms with Crippen LogP contribution in [0.3, 0.4) is 0 Å². The fourth-order valence-corrected chi connectivity index (χ4v) is 4.26. The smallest absolute Gasteiger partial charge is 0.343 e. The van der Waals surface area contributed by atoms with Gasteiger partial charge in [-0.1, -0.05) is 31.4 Å². The van der Waals surface area contributed by atoms with Crippen molar-refractivity contribution in [3.63, 3.8) is 0 Å². The zero-order valence-electron chi connectivity index (χ0n) is 15.5. The van der Waals surface area contributed by atoms with Gasteiger partial charge in [0.05, 0.1) is 0 Å². The van der Waals surface area contributed by atoms with Gasteiger partial charge in [-0.15, -0.1) is 0 Å². The molecule has 0 amide bonds. The molecule has 154 valence electrons. The minimum atomic E-state index is -1.51. The first-order valence-corrected chi connectivity index (χ1v) is 9.30. The Morgan fingerprint density at radius 2 is 1.14 bits per heavy atom. The predicted molar refractivity (Wildman–Crippen MR) is 102 cm³/mol. The summed E-state index contributed by atoms with van der Waals surface area (Å²) in [6.07, 6.45) is 4.28. The van der Waals surface area contributed by atoms with E-state index in [1.165, 1.54) is 12.1 Å². The lowest BCUT2D eigenvalue weighted by atomic mass is 9.72. The van der Waals surface area contributed by atoms with Crippen LogP contribution in [0.25, 0.3) is 0 Å². The van der Waals surface area contributed by atoms with Gasteiger partial charge in [0.1, 0.15) is 34.1 Å². The van der Waals surface area contributed by atoms with E-state index in [0.717, 1.165) is 44.2 Å². The van der Waals surface area contributed by atoms with E-state index in [9.17, 15) is 40.2 Å². The number of carbonyl (C=O) groups is 2. The first-order chi connectivity index (χ1) is 13.7. The molecule has 0 unspecified atom stereocenters. The maximum atomic E-state index is 11.5. The Morgan fingerprint density at radius 3 is 1.52 bits per heavy atom. The summed E-state index contributed by atoms with van der Waals surface area (Å²) < 4.78 is 0. The number of aromatic carboxylic acids is 2. The monoisotopic (exact) mass is 402 g/mol. The summed E-state index contributed by atoms with van der Waals surface area (Å²) in [4.78, 5) is 23.0. The normalized spacial score (nSPS) is 14.8. The van der Waals surface area contributed by atoms with Crippen molar-refractivity contribution in [3.8, 4) is 23.0 Å². The SMILES string of the molecule is O=C(O)c1c(O)ccc(C(c2ccc(O)c(C(=O)O)c2O)C2CCCCC2)c1O. The predicted octanol–water partition coefficient (Wildman–Crippen LogP) is 3.62. The summed E-state index contributed by atoms with van der Waals surface area (Å²) in [6, 6.07) is 5.07. The first kappa shape index (κ1) is 20.3. The maximum absolute atomic E-state index is 11.5. The molecule has 29 heavy (non-hydrogen) atoms. The lowest BCUT2D eigenvalue weighted by Gasteiger charge is -2.32. The van der Waals surface area contributed by atoms with E-state index in [4.69, 9.17) is 0 Å². The molecular weight excluding hydrogens is 380 g/mol. The average Bonchev–Trinajstić information content (AvgIpc) is 2.65. The number of phenols is 4. The number of carboxylic acid groups (broad SMARTS) is 2. The molecule has 0 bridgehead atoms. The molecule has 1 saturated carbocycles. The molecule has 0 spiro atoms. The van der Waals surface area contributed by atoms with Crippen molar-refractivity contribution in [1.29, 1.82) is 0 Å². The number of carboxylic acids is 2. The molecule has 0 atom stereocenters. The molecule has 0 aromatic heterocycles. The van der Waals surface area contributed by atoms with E-state index in [0.29, 0.717) is 0 Å². The number of rotatable bonds is 5. The summed E-state index contributed by atoms with van der Waals surface area (Å²) in [5.74, 6) is -6.28. The molecule has 8 heteroatoms. The lowest BCUT2D eigenvalue weighted by Crippen LogP contribution is -2.19. The van der Waals surface area contributed by atoms with Crippen molar-refractivity contribution in [2.24, 2.45) is 5.92 Å². The Balaban J connectivity index is 2.26. The van der Waals surface area contributed by atoms with Crippen molar-refractivity contribution >= 4 is 11.9 Å². The van der Waals surface area contributed by atoms with Crippen molar-refractivity contribution in [2.45, 2.75) is 38.0 Å². The topological polar surface area (TPSA) is 156 Å². The van der Waals surface area contributed by atoms with Crippen LogP contribution in [-0.2, 0) is 0 Å². The third-order valence-corrected chi connectivity index (χ3v) is 5.59. The van der Waals surface area contributed by atoms with Gasteiger partial charge in [-0.3, -0.25) is 0 Å². The standard InChI is InChI=1S/C21H22O8/c22-13-8-6-11(18(24)16(13)20(26)27)15(10-4-2-1-3-5-10)12-7-9-14(23)17(19(12)25)21(28)29/h6-10,15,22-25H,1-5H2,(H,26,27)(H,28,29). The quantitative estimate of drug-likeness (QED) is 0.443. The van der Waals surface area contributed by atoms with Gasteiger partial charge in [-0.2, -0.15) is 0 Å². The van der Waals surface area contributed by atoms with E-state index < -0.39 is 52.0 Å². The van der Waals surface area contributed by atoms with Crippen molar-refractivity contribution in [1.82, 2.24) is 0 Å². The van der Waals surface area contributed by atoms with Gasteiger partial charge >= 0.3 is 11.9 Å². The highest BCUT2D eigenvalue weighted by Crippen LogP contribution is 2.49. The fourth-order valence-electron chi connectivity index (χ4n) is 4.26. The highest BCUT2D eigenvalue weighted by molar-refractivity contribution is 5.95. The fraction of sp³-hybridized carbons (Fsp3) is 0.333. The zero-order chi connectivity index (χ0) is 21.3. The molecule has 2 aromatic rings. The van der Waals surface area contributed by atoms with Crippen LogP contribution < -0.4 is 0 Å². The second-order valence-electron chi connectivity index (χ2n) is 7.28. The van der Waals surface area contributed by atoms with Gasteiger partial charge in [0.15, 0.2) is 0 Å². The molecule has 8 nitrogen and oxygen atoms in total. The Bertz CT molecular complexity index is 890. The number of hydrogen-bond acceptors (Lipinski definition) is 6. The highest BCUT2D eigenvalue weighted by Gasteiger charge is 2.34. The molecule has 3 rings (SSSR count). The van der Waals surface area contributed by atoms with Crippen LogP contribution in [0.4, 0.5) is 0 Å². The van der Waals surface area contributed by atoms with Gasteiger partial charge < -0.3 is 30.6 Å². The number of benzene rings is 2. The van der Waals surface area contributed by atoms with Crippen LogP contribution in [-0.4, -0.2) is 42.6 Å². The molecule has 1 aliphatic carbocycles. The van der Waals surface area contributed by atoms with E-state index >= 15 is 0 Å². The van der Waals surface area contributed by atoms with Crippen molar-refractivity contribution in [3.05, 3.63) is 46.5 Å². The van der Waals surface area contributed by atoms with Gasteiger partial charge in [0.25, 0.3) is 0 Å². The van der Waals surface area contributed by atoms with Crippen LogP contribution in [0.1, 0.15) is 69.9 Å². The molecule has 6 N–H and O–H groups in total. The largest absolute Gasteiger partial charge is 0.507 e. The average molecular weight is 402 g/mol. The molecular formula is C21H22O8. The van der Waals surface area contributed by atoms with Crippen molar-refractivity contribution < 1.29 is 40.2 Å². The summed E-state index contributed by atoms with van der Waals surface area (Å²) in [5, 5.41) is 59.7. The van der Waals surface area contributed by atoms with Gasteiger partial charge in [-0.05, 0) is 30.9 Å². The van der Waals surface area contributed by atoms with E-state index in [-0.39, 0.29) is 17.0 Å². The molecule has 0 aliphatic heterocycles. The maximum Gasteiger partial charge on any atom is 0.343 e. The summed E-state index contributed by atoms with van der Waals surface area (Å²) >= 11 is 0. The Hall–Kier alpha value is -3.42. The van der Waals surface area contributed by atoms with Gasteiger partial charge in [0.2, 0.25) is 0 Å². The molecule has 2 aromatic carbocycles. The second kappa shape index (κ2) is 7.90. The van der Waals surface area contributed by atoms with E-state index in [1.54, 1.807) is 0 Å². The minimum absolute atomic E-state index is 0.0991. The van der Waals surface area contributed by atoms with E-state index in [1.807, 2.05) is 0 Å². The number of hydrogen-bond donors (Lipinski definition) is 6. The van der Waals surface area contributed by atoms with Crippen LogP contribution in [0.5, 0.6) is 23.0 Å². The van der Waals surface area contributed by atoms with Crippen LogP contribution in [0.15, 0.2) is 24.3 Å². The lowest BCUT2D eigenvalue weighted by molar-refractivity contribution is 0.0678. The van der Waals surface area contributed by atoms with Crippen molar-refractivity contribution in [2.75, 3.05) is 0 Å². The minimum Gasteiger partial charge on any atom is -0.507 e. The molecule has 0 heterocycles. The Morgan fingerprint density at radius 1 is 0.724 bits per heavy atom. The third kappa shape index (κ3) is 3.65. The Labute approximate surface area is 166 Å². The summed E-state index contributed by atoms with van der Waals surface area (Å²) in [6.45, 7) is 0. The number of aromatic hydroxyl groups is 4. The summed E-state index contributed by atoms with van der Waals surface area (Å²) in [7, 11) is 0. The molecule has 0 radical (unpaired) electrons. The zero-order valence-corrected chi connectivity index (χ0v) is 15.5. The second-order valence-corrected chi connectivity index (χ2v) is 7.28. The van der Waals surface area contributed by atoms with Crippen LogP contribution in [0, 0.1) is 5.92 Å². The van der Waals surface area contributed by atoms with Gasteiger partial charge in [-0.25, -0.2) is 9.59 Å². The third-order valence-electron chi connectivity index (χ3n) is 5.59. The highest BCUT2D eigenvalue weighted by atomic mass is 16.4. The first-order valence-electron chi connectivity index (χ1n) is 9.30. The Kier molecular flexibility index (Phi) is 5.54. The van der Waals surface area contributed by atoms with Crippen LogP contribution in [0.2, 0.25) is 0 Å². The summed E-state index contributed by atoms with van der Waals surface area (Å²) in [5.41, 5.74) is -0.964. The van der Waals surface area contributed by atoms with E-state index in [2.05, 4.69) is 0 Å².